The van der Waals surface area contributed by atoms with Crippen molar-refractivity contribution in [3.63, 3.8) is 0 Å². The number of benzene rings is 2. The Morgan fingerprint density at radius 2 is 1.63 bits per heavy atom. The van der Waals surface area contributed by atoms with Crippen molar-refractivity contribution in [3.05, 3.63) is 67.4 Å². The van der Waals surface area contributed by atoms with Gasteiger partial charge in [0.15, 0.2) is 18.1 Å². The molecule has 1 saturated heterocycles. The van der Waals surface area contributed by atoms with Crippen LogP contribution in [0.4, 0.5) is 5.82 Å². The minimum absolute atomic E-state index is 0.0236. The van der Waals surface area contributed by atoms with E-state index in [1.807, 2.05) is 47.4 Å². The van der Waals surface area contributed by atoms with Crippen LogP contribution in [-0.2, 0) is 4.79 Å². The van der Waals surface area contributed by atoms with Crippen LogP contribution in [0.1, 0.15) is 0 Å². The van der Waals surface area contributed by atoms with Crippen molar-refractivity contribution in [3.8, 4) is 11.5 Å². The van der Waals surface area contributed by atoms with Gasteiger partial charge in [0.05, 0.1) is 17.2 Å². The molecule has 7 heteroatoms. The van der Waals surface area contributed by atoms with Gasteiger partial charge in [-0.05, 0) is 24.3 Å². The molecule has 1 aliphatic heterocycles. The number of rotatable bonds is 7. The molecule has 154 valence electrons. The van der Waals surface area contributed by atoms with E-state index in [0.29, 0.717) is 44.3 Å². The molecule has 0 saturated carbocycles. The number of aromatic nitrogens is 2. The van der Waals surface area contributed by atoms with E-state index in [1.54, 1.807) is 18.3 Å². The van der Waals surface area contributed by atoms with Gasteiger partial charge in [0.25, 0.3) is 5.91 Å². The number of para-hydroxylation sites is 4. The molecule has 1 fully saturated rings. The van der Waals surface area contributed by atoms with Crippen LogP contribution in [0.5, 0.6) is 11.5 Å². The second kappa shape index (κ2) is 9.26. The van der Waals surface area contributed by atoms with E-state index in [2.05, 4.69) is 16.5 Å². The highest BCUT2D eigenvalue weighted by molar-refractivity contribution is 5.78. The highest BCUT2D eigenvalue weighted by Crippen LogP contribution is 2.26. The lowest BCUT2D eigenvalue weighted by Crippen LogP contribution is -2.50. The van der Waals surface area contributed by atoms with Gasteiger partial charge < -0.3 is 19.3 Å². The molecule has 0 spiro atoms. The van der Waals surface area contributed by atoms with Crippen molar-refractivity contribution in [2.45, 2.75) is 0 Å². The number of ether oxygens (including phenoxy) is 2. The Labute approximate surface area is 175 Å². The Hall–Kier alpha value is -3.61. The summed E-state index contributed by atoms with van der Waals surface area (Å²) in [7, 11) is 0. The predicted octanol–water partition coefficient (Wildman–Crippen LogP) is 2.92. The quantitative estimate of drug-likeness (QED) is 0.564. The van der Waals surface area contributed by atoms with Gasteiger partial charge in [-0.3, -0.25) is 9.78 Å². The van der Waals surface area contributed by atoms with Gasteiger partial charge in [-0.15, -0.1) is 0 Å². The molecule has 7 nitrogen and oxygen atoms in total. The smallest absolute Gasteiger partial charge is 0.260 e. The maximum Gasteiger partial charge on any atom is 0.260 e. The van der Waals surface area contributed by atoms with Crippen LogP contribution in [0.3, 0.4) is 0 Å². The van der Waals surface area contributed by atoms with Crippen molar-refractivity contribution < 1.29 is 14.3 Å². The second-order valence-electron chi connectivity index (χ2n) is 6.92. The number of amides is 1. The Morgan fingerprint density at radius 1 is 0.967 bits per heavy atom. The van der Waals surface area contributed by atoms with Gasteiger partial charge in [-0.2, -0.15) is 0 Å². The number of hydrogen-bond acceptors (Lipinski definition) is 6. The standard InChI is InChI=1S/C23H24N4O3/c1-2-15-29-20-9-5-6-10-21(20)30-17-23(28)27-13-11-26(12-14-27)22-16-24-18-7-3-4-8-19(18)25-22/h2-10,16H,1,11-15,17H2. The number of piperazine rings is 1. The minimum atomic E-state index is -0.0437. The van der Waals surface area contributed by atoms with Gasteiger partial charge >= 0.3 is 0 Å². The summed E-state index contributed by atoms with van der Waals surface area (Å²) in [4.78, 5) is 25.8. The molecule has 2 aromatic carbocycles. The molecule has 4 rings (SSSR count). The summed E-state index contributed by atoms with van der Waals surface area (Å²) < 4.78 is 11.3. The summed E-state index contributed by atoms with van der Waals surface area (Å²) in [5.74, 6) is 1.95. The average Bonchev–Trinajstić information content (AvgIpc) is 2.81. The van der Waals surface area contributed by atoms with Crippen LogP contribution >= 0.6 is 0 Å². The molecule has 1 aromatic heterocycles. The van der Waals surface area contributed by atoms with E-state index in [1.165, 1.54) is 0 Å². The molecule has 0 radical (unpaired) electrons. The zero-order valence-corrected chi connectivity index (χ0v) is 16.7. The number of nitrogens with zero attached hydrogens (tertiary/aromatic N) is 4. The van der Waals surface area contributed by atoms with Gasteiger partial charge in [-0.1, -0.05) is 36.9 Å². The zero-order chi connectivity index (χ0) is 20.8. The summed E-state index contributed by atoms with van der Waals surface area (Å²) >= 11 is 0. The van der Waals surface area contributed by atoms with Crippen LogP contribution < -0.4 is 14.4 Å². The maximum atomic E-state index is 12.6. The van der Waals surface area contributed by atoms with Crippen LogP contribution in [0.25, 0.3) is 11.0 Å². The molecular formula is C23H24N4O3. The monoisotopic (exact) mass is 404 g/mol. The Kier molecular flexibility index (Phi) is 6.08. The number of hydrogen-bond donors (Lipinski definition) is 0. The van der Waals surface area contributed by atoms with Gasteiger partial charge in [0.1, 0.15) is 12.4 Å². The Bertz CT molecular complexity index is 1030. The van der Waals surface area contributed by atoms with Crippen LogP contribution in [-0.4, -0.2) is 60.2 Å². The highest BCUT2D eigenvalue weighted by Gasteiger charge is 2.23. The molecule has 30 heavy (non-hydrogen) atoms. The topological polar surface area (TPSA) is 67.8 Å². The SMILES string of the molecule is C=CCOc1ccccc1OCC(=O)N1CCN(c2cnc3ccccc3n2)CC1. The summed E-state index contributed by atoms with van der Waals surface area (Å²) in [6.45, 7) is 6.65. The summed E-state index contributed by atoms with van der Waals surface area (Å²) in [5, 5.41) is 0. The second-order valence-corrected chi connectivity index (χ2v) is 6.92. The normalized spacial score (nSPS) is 13.9. The minimum Gasteiger partial charge on any atom is -0.486 e. The molecule has 2 heterocycles. The number of fused-ring (bicyclic) bond motifs is 1. The van der Waals surface area contributed by atoms with Crippen LogP contribution in [0.2, 0.25) is 0 Å². The van der Waals surface area contributed by atoms with E-state index in [-0.39, 0.29) is 12.5 Å². The summed E-state index contributed by atoms with van der Waals surface area (Å²) in [6.07, 6.45) is 3.46. The largest absolute Gasteiger partial charge is 0.486 e. The lowest BCUT2D eigenvalue weighted by atomic mass is 10.3. The van der Waals surface area contributed by atoms with Crippen molar-refractivity contribution >= 4 is 22.8 Å². The third kappa shape index (κ3) is 4.51. The number of anilines is 1. The Balaban J connectivity index is 1.31. The van der Waals surface area contributed by atoms with Gasteiger partial charge in [0, 0.05) is 26.2 Å². The van der Waals surface area contributed by atoms with Crippen LogP contribution in [0.15, 0.2) is 67.4 Å². The van der Waals surface area contributed by atoms with Gasteiger partial charge in [-0.25, -0.2) is 4.98 Å². The molecule has 0 N–H and O–H groups in total. The first-order valence-corrected chi connectivity index (χ1v) is 9.94. The molecule has 0 bridgehead atoms. The first-order chi connectivity index (χ1) is 14.7. The van der Waals surface area contributed by atoms with Crippen molar-refractivity contribution in [2.24, 2.45) is 0 Å². The highest BCUT2D eigenvalue weighted by atomic mass is 16.5. The molecule has 0 atom stereocenters. The lowest BCUT2D eigenvalue weighted by molar-refractivity contribution is -0.133. The fraction of sp³-hybridized carbons (Fsp3) is 0.261. The predicted molar refractivity (Wildman–Crippen MR) is 116 cm³/mol. The van der Waals surface area contributed by atoms with E-state index in [4.69, 9.17) is 14.5 Å². The number of carbonyl (C=O) groups is 1. The average molecular weight is 404 g/mol. The first-order valence-electron chi connectivity index (χ1n) is 9.94. The fourth-order valence-electron chi connectivity index (χ4n) is 3.35. The van der Waals surface area contributed by atoms with E-state index in [9.17, 15) is 4.79 Å². The molecule has 3 aromatic rings. The summed E-state index contributed by atoms with van der Waals surface area (Å²) in [6, 6.07) is 15.1. The molecule has 0 aliphatic carbocycles. The van der Waals surface area contributed by atoms with Crippen molar-refractivity contribution in [1.82, 2.24) is 14.9 Å². The van der Waals surface area contributed by atoms with Crippen LogP contribution in [0, 0.1) is 0 Å². The van der Waals surface area contributed by atoms with Gasteiger partial charge in [0.2, 0.25) is 0 Å². The van der Waals surface area contributed by atoms with Crippen molar-refractivity contribution in [2.75, 3.05) is 44.3 Å². The van der Waals surface area contributed by atoms with E-state index in [0.717, 1.165) is 16.9 Å². The third-order valence-electron chi connectivity index (χ3n) is 4.95. The molecule has 1 aliphatic rings. The zero-order valence-electron chi connectivity index (χ0n) is 16.7. The first kappa shape index (κ1) is 19.7. The summed E-state index contributed by atoms with van der Waals surface area (Å²) in [5.41, 5.74) is 1.75. The maximum absolute atomic E-state index is 12.6. The molecular weight excluding hydrogens is 380 g/mol. The van der Waals surface area contributed by atoms with E-state index >= 15 is 0 Å². The molecule has 1 amide bonds. The fourth-order valence-corrected chi connectivity index (χ4v) is 3.35. The molecule has 0 unspecified atom stereocenters. The number of carbonyl (C=O) groups excluding carboxylic acids is 1. The van der Waals surface area contributed by atoms with E-state index < -0.39 is 0 Å². The Morgan fingerprint density at radius 3 is 2.37 bits per heavy atom. The van der Waals surface area contributed by atoms with Crippen molar-refractivity contribution in [1.29, 1.82) is 0 Å². The lowest BCUT2D eigenvalue weighted by Gasteiger charge is -2.35. The third-order valence-corrected chi connectivity index (χ3v) is 4.95.